The summed E-state index contributed by atoms with van der Waals surface area (Å²) < 4.78 is 5.15. The zero-order valence-corrected chi connectivity index (χ0v) is 5.82. The first-order valence-corrected chi connectivity index (χ1v) is 3.35. The van der Waals surface area contributed by atoms with Crippen LogP contribution in [0.1, 0.15) is 0 Å². The average molecular weight is 149 g/mol. The highest BCUT2D eigenvalue weighted by Crippen LogP contribution is 2.37. The molecule has 56 valence electrons. The van der Waals surface area contributed by atoms with Crippen molar-refractivity contribution >= 4 is 11.9 Å². The predicted octanol–water partition coefficient (Wildman–Crippen LogP) is 1.49. The zero-order chi connectivity index (χ0) is 7.68. The van der Waals surface area contributed by atoms with E-state index in [9.17, 15) is 5.11 Å². The van der Waals surface area contributed by atoms with Gasteiger partial charge in [0.15, 0.2) is 11.5 Å². The maximum atomic E-state index is 9.26. The Morgan fingerprint density at radius 1 is 1.45 bits per heavy atom. The maximum absolute atomic E-state index is 9.26. The number of phenolic OH excluding ortho intramolecular Hbond substituents is 1. The molecule has 0 fully saturated rings. The molecule has 0 saturated heterocycles. The number of phenols is 1. The molecule has 0 aromatic heterocycles. The first-order valence-electron chi connectivity index (χ1n) is 3.35. The molecule has 0 saturated carbocycles. The second kappa shape index (κ2) is 2.27. The molecule has 0 amide bonds. The lowest BCUT2D eigenvalue weighted by atomic mass is 10.2. The van der Waals surface area contributed by atoms with Crippen molar-refractivity contribution in [3.8, 4) is 11.5 Å². The average Bonchev–Trinajstić information content (AvgIpc) is 2.06. The molecule has 0 spiro atoms. The molecule has 0 unspecified atom stereocenters. The van der Waals surface area contributed by atoms with Crippen molar-refractivity contribution in [1.29, 1.82) is 0 Å². The molecule has 0 atom stereocenters. The second-order valence-electron chi connectivity index (χ2n) is 2.25. The second-order valence-corrected chi connectivity index (χ2v) is 2.25. The van der Waals surface area contributed by atoms with E-state index in [2.05, 4.69) is 4.99 Å². The number of hydrogen-bond donors (Lipinski definition) is 1. The number of nitrogens with zero attached hydrogens (tertiary/aromatic N) is 1. The summed E-state index contributed by atoms with van der Waals surface area (Å²) in [7, 11) is 0. The largest absolute Gasteiger partial charge is 0.504 e. The third-order valence-corrected chi connectivity index (χ3v) is 1.51. The molecule has 3 heteroatoms. The molecule has 0 bridgehead atoms. The van der Waals surface area contributed by atoms with Gasteiger partial charge in [-0.05, 0) is 12.1 Å². The van der Waals surface area contributed by atoms with E-state index in [-0.39, 0.29) is 5.75 Å². The van der Waals surface area contributed by atoms with Crippen LogP contribution in [-0.4, -0.2) is 17.9 Å². The molecule has 1 aromatic carbocycles. The molecule has 2 rings (SSSR count). The monoisotopic (exact) mass is 149 g/mol. The highest BCUT2D eigenvalue weighted by Gasteiger charge is 2.09. The van der Waals surface area contributed by atoms with Gasteiger partial charge in [0.1, 0.15) is 12.3 Å². The predicted molar refractivity (Wildman–Crippen MR) is 41.8 cm³/mol. The molecule has 1 aromatic rings. The third kappa shape index (κ3) is 0.941. The molecule has 3 nitrogen and oxygen atoms in total. The maximum Gasteiger partial charge on any atom is 0.187 e. The van der Waals surface area contributed by atoms with E-state index in [1.807, 2.05) is 0 Å². The van der Waals surface area contributed by atoms with Gasteiger partial charge in [-0.25, -0.2) is 0 Å². The van der Waals surface area contributed by atoms with Crippen LogP contribution in [0.15, 0.2) is 23.2 Å². The topological polar surface area (TPSA) is 41.8 Å². The Labute approximate surface area is 64.0 Å². The summed E-state index contributed by atoms with van der Waals surface area (Å²) in [6.45, 7) is 0.435. The fraction of sp³-hybridized carbons (Fsp3) is 0.125. The summed E-state index contributed by atoms with van der Waals surface area (Å²) in [5.41, 5.74) is 0.691. The summed E-state index contributed by atoms with van der Waals surface area (Å²) in [6.07, 6.45) is 1.67. The smallest absolute Gasteiger partial charge is 0.187 e. The zero-order valence-electron chi connectivity index (χ0n) is 5.82. The molecule has 11 heavy (non-hydrogen) atoms. The SMILES string of the molecule is Oc1cccc2c1OCC=N2. The van der Waals surface area contributed by atoms with Crippen molar-refractivity contribution < 1.29 is 9.84 Å². The molecular formula is C8H7NO2. The number of para-hydroxylation sites is 1. The van der Waals surface area contributed by atoms with E-state index < -0.39 is 0 Å². The van der Waals surface area contributed by atoms with Crippen LogP contribution in [0.5, 0.6) is 11.5 Å². The number of aromatic hydroxyl groups is 1. The molecule has 0 radical (unpaired) electrons. The van der Waals surface area contributed by atoms with Gasteiger partial charge in [-0.1, -0.05) is 6.07 Å². The number of hydrogen-bond acceptors (Lipinski definition) is 3. The van der Waals surface area contributed by atoms with Crippen LogP contribution in [-0.2, 0) is 0 Å². The first kappa shape index (κ1) is 6.22. The molecule has 0 aliphatic carbocycles. The highest BCUT2D eigenvalue weighted by atomic mass is 16.5. The fourth-order valence-electron chi connectivity index (χ4n) is 1.02. The summed E-state index contributed by atoms with van der Waals surface area (Å²) in [5.74, 6) is 0.634. The first-order chi connectivity index (χ1) is 5.38. The van der Waals surface area contributed by atoms with E-state index in [0.29, 0.717) is 18.0 Å². The van der Waals surface area contributed by atoms with Crippen LogP contribution < -0.4 is 4.74 Å². The third-order valence-electron chi connectivity index (χ3n) is 1.51. The lowest BCUT2D eigenvalue weighted by molar-refractivity contribution is 0.347. The Morgan fingerprint density at radius 3 is 3.18 bits per heavy atom. The van der Waals surface area contributed by atoms with Crippen molar-refractivity contribution in [2.24, 2.45) is 4.99 Å². The van der Waals surface area contributed by atoms with E-state index in [1.165, 1.54) is 0 Å². The van der Waals surface area contributed by atoms with Crippen LogP contribution >= 0.6 is 0 Å². The Bertz CT molecular complexity index is 307. The van der Waals surface area contributed by atoms with Gasteiger partial charge in [-0.15, -0.1) is 0 Å². The summed E-state index contributed by atoms with van der Waals surface area (Å²) >= 11 is 0. The lowest BCUT2D eigenvalue weighted by Gasteiger charge is -2.11. The van der Waals surface area contributed by atoms with E-state index in [0.717, 1.165) is 0 Å². The number of fused-ring (bicyclic) bond motifs is 1. The van der Waals surface area contributed by atoms with Crippen molar-refractivity contribution in [2.45, 2.75) is 0 Å². The Morgan fingerprint density at radius 2 is 2.36 bits per heavy atom. The standard InChI is InChI=1S/C8H7NO2/c10-7-3-1-2-6-8(7)11-5-4-9-6/h1-4,10H,5H2. The highest BCUT2D eigenvalue weighted by molar-refractivity contribution is 5.73. The van der Waals surface area contributed by atoms with Crippen molar-refractivity contribution in [1.82, 2.24) is 0 Å². The molecule has 1 heterocycles. The van der Waals surface area contributed by atoms with Crippen LogP contribution in [0.2, 0.25) is 0 Å². The van der Waals surface area contributed by atoms with E-state index in [1.54, 1.807) is 24.4 Å². The summed E-state index contributed by atoms with van der Waals surface area (Å²) in [4.78, 5) is 4.04. The molecule has 1 N–H and O–H groups in total. The number of rotatable bonds is 0. The van der Waals surface area contributed by atoms with Crippen molar-refractivity contribution in [3.05, 3.63) is 18.2 Å². The molecular weight excluding hydrogens is 142 g/mol. The minimum Gasteiger partial charge on any atom is -0.504 e. The normalized spacial score (nSPS) is 13.8. The van der Waals surface area contributed by atoms with Crippen LogP contribution in [0.3, 0.4) is 0 Å². The van der Waals surface area contributed by atoms with Crippen molar-refractivity contribution in [3.63, 3.8) is 0 Å². The van der Waals surface area contributed by atoms with Gasteiger partial charge >= 0.3 is 0 Å². The minimum atomic E-state index is 0.152. The summed E-state index contributed by atoms with van der Waals surface area (Å²) in [6, 6.07) is 5.12. The van der Waals surface area contributed by atoms with Gasteiger partial charge in [-0.3, -0.25) is 4.99 Å². The van der Waals surface area contributed by atoms with E-state index in [4.69, 9.17) is 4.74 Å². The quantitative estimate of drug-likeness (QED) is 0.607. The molecule has 1 aliphatic rings. The number of benzene rings is 1. The Kier molecular flexibility index (Phi) is 1.28. The van der Waals surface area contributed by atoms with Crippen molar-refractivity contribution in [2.75, 3.05) is 6.61 Å². The van der Waals surface area contributed by atoms with Gasteiger partial charge < -0.3 is 9.84 Å². The van der Waals surface area contributed by atoms with Gasteiger partial charge in [0, 0.05) is 6.21 Å². The number of aliphatic imine (C=N–C) groups is 1. The minimum absolute atomic E-state index is 0.152. The van der Waals surface area contributed by atoms with E-state index >= 15 is 0 Å². The Balaban J connectivity index is 2.60. The lowest BCUT2D eigenvalue weighted by Crippen LogP contribution is -2.02. The summed E-state index contributed by atoms with van der Waals surface area (Å²) in [5, 5.41) is 9.26. The fourth-order valence-corrected chi connectivity index (χ4v) is 1.02. The number of ether oxygens (including phenoxy) is 1. The van der Waals surface area contributed by atoms with Crippen LogP contribution in [0.4, 0.5) is 5.69 Å². The van der Waals surface area contributed by atoms with Gasteiger partial charge in [0.2, 0.25) is 0 Å². The van der Waals surface area contributed by atoms with Gasteiger partial charge in [0.05, 0.1) is 0 Å². The van der Waals surface area contributed by atoms with Gasteiger partial charge in [0.25, 0.3) is 0 Å². The van der Waals surface area contributed by atoms with Gasteiger partial charge in [-0.2, -0.15) is 0 Å². The van der Waals surface area contributed by atoms with Crippen LogP contribution in [0.25, 0.3) is 0 Å². The molecule has 1 aliphatic heterocycles. The Hall–Kier alpha value is -1.51. The van der Waals surface area contributed by atoms with Crippen LogP contribution in [0, 0.1) is 0 Å².